The Hall–Kier alpha value is -2.83. The molecule has 1 N–H and O–H groups in total. The normalized spacial score (nSPS) is 13.9. The average molecular weight is 409 g/mol. The minimum Gasteiger partial charge on any atom is -0.497 e. The van der Waals surface area contributed by atoms with Crippen LogP contribution in [0.5, 0.6) is 5.75 Å². The summed E-state index contributed by atoms with van der Waals surface area (Å²) in [6.07, 6.45) is 0. The number of thiophene rings is 1. The highest BCUT2D eigenvalue weighted by Crippen LogP contribution is 2.39. The number of nitrogens with zero attached hydrogens (tertiary/aromatic N) is 1. The number of morpholine rings is 1. The number of carbonyl (C=O) groups is 1. The maximum absolute atomic E-state index is 12.9. The van der Waals surface area contributed by atoms with E-state index in [9.17, 15) is 4.79 Å². The highest BCUT2D eigenvalue weighted by Gasteiger charge is 2.21. The third-order valence-corrected chi connectivity index (χ3v) is 6.13. The van der Waals surface area contributed by atoms with Crippen LogP contribution in [0.2, 0.25) is 0 Å². The number of benzene rings is 2. The smallest absolute Gasteiger partial charge is 0.261 e. The molecule has 0 saturated carbocycles. The minimum absolute atomic E-state index is 0.0532. The summed E-state index contributed by atoms with van der Waals surface area (Å²) in [5.41, 5.74) is 3.26. The van der Waals surface area contributed by atoms with E-state index >= 15 is 0 Å². The topological polar surface area (TPSA) is 50.8 Å². The second kappa shape index (κ2) is 9.11. The molecule has 1 saturated heterocycles. The number of ether oxygens (including phenoxy) is 2. The monoisotopic (exact) mass is 408 g/mol. The van der Waals surface area contributed by atoms with E-state index in [1.165, 1.54) is 0 Å². The summed E-state index contributed by atoms with van der Waals surface area (Å²) in [6, 6.07) is 20.0. The maximum Gasteiger partial charge on any atom is 0.261 e. The SMILES string of the molecule is COc1ccc(CNC(=O)c2cc(-c3ccccc3)c(N3CCOCC3)s2)cc1. The first kappa shape index (κ1) is 19.5. The van der Waals surface area contributed by atoms with Crippen molar-refractivity contribution in [3.63, 3.8) is 0 Å². The third-order valence-electron chi connectivity index (χ3n) is 4.93. The molecule has 1 aromatic heterocycles. The Morgan fingerprint density at radius 1 is 1.10 bits per heavy atom. The van der Waals surface area contributed by atoms with E-state index < -0.39 is 0 Å². The minimum atomic E-state index is -0.0532. The lowest BCUT2D eigenvalue weighted by atomic mass is 10.1. The van der Waals surface area contributed by atoms with Crippen LogP contribution in [-0.2, 0) is 11.3 Å². The first-order chi connectivity index (χ1) is 14.2. The van der Waals surface area contributed by atoms with Gasteiger partial charge < -0.3 is 19.7 Å². The molecule has 1 amide bonds. The van der Waals surface area contributed by atoms with Gasteiger partial charge in [0.25, 0.3) is 5.91 Å². The van der Waals surface area contributed by atoms with Gasteiger partial charge in [0.1, 0.15) is 5.75 Å². The Kier molecular flexibility index (Phi) is 6.12. The fraction of sp³-hybridized carbons (Fsp3) is 0.261. The van der Waals surface area contributed by atoms with Crippen LogP contribution in [0.25, 0.3) is 11.1 Å². The molecule has 1 aliphatic rings. The van der Waals surface area contributed by atoms with Crippen LogP contribution in [0.1, 0.15) is 15.2 Å². The lowest BCUT2D eigenvalue weighted by Crippen LogP contribution is -2.35. The van der Waals surface area contributed by atoms with Gasteiger partial charge in [-0.15, -0.1) is 11.3 Å². The van der Waals surface area contributed by atoms with E-state index in [4.69, 9.17) is 9.47 Å². The molecular weight excluding hydrogens is 384 g/mol. The molecule has 150 valence electrons. The Labute approximate surface area is 174 Å². The van der Waals surface area contributed by atoms with Gasteiger partial charge in [0, 0.05) is 25.2 Å². The quantitative estimate of drug-likeness (QED) is 0.665. The molecule has 3 aromatic rings. The molecule has 2 aromatic carbocycles. The highest BCUT2D eigenvalue weighted by atomic mass is 32.1. The van der Waals surface area contributed by atoms with E-state index in [0.29, 0.717) is 19.8 Å². The Balaban J connectivity index is 1.54. The Bertz CT molecular complexity index is 948. The molecule has 0 aliphatic carbocycles. The van der Waals surface area contributed by atoms with Crippen molar-refractivity contribution in [3.05, 3.63) is 71.1 Å². The fourth-order valence-corrected chi connectivity index (χ4v) is 4.48. The molecule has 4 rings (SSSR count). The number of amides is 1. The number of rotatable bonds is 6. The summed E-state index contributed by atoms with van der Waals surface area (Å²) in [4.78, 5) is 15.9. The molecular formula is C23H24N2O3S. The van der Waals surface area contributed by atoms with E-state index in [1.54, 1.807) is 18.4 Å². The van der Waals surface area contributed by atoms with E-state index in [-0.39, 0.29) is 5.91 Å². The van der Waals surface area contributed by atoms with Gasteiger partial charge in [0.15, 0.2) is 0 Å². The van der Waals surface area contributed by atoms with Gasteiger partial charge >= 0.3 is 0 Å². The van der Waals surface area contributed by atoms with Crippen molar-refractivity contribution in [2.75, 3.05) is 38.3 Å². The predicted octanol–water partition coefficient (Wildman–Crippen LogP) is 4.19. The Morgan fingerprint density at radius 3 is 2.52 bits per heavy atom. The van der Waals surface area contributed by atoms with Gasteiger partial charge in [-0.2, -0.15) is 0 Å². The summed E-state index contributed by atoms with van der Waals surface area (Å²) in [5, 5.41) is 4.17. The maximum atomic E-state index is 12.9. The van der Waals surface area contributed by atoms with Gasteiger partial charge in [-0.25, -0.2) is 0 Å². The average Bonchev–Trinajstić information content (AvgIpc) is 3.25. The van der Waals surface area contributed by atoms with Crippen LogP contribution in [0.15, 0.2) is 60.7 Å². The summed E-state index contributed by atoms with van der Waals surface area (Å²) in [6.45, 7) is 3.59. The van der Waals surface area contributed by atoms with Crippen molar-refractivity contribution < 1.29 is 14.3 Å². The third kappa shape index (κ3) is 4.60. The second-order valence-electron chi connectivity index (χ2n) is 6.83. The van der Waals surface area contributed by atoms with Gasteiger partial charge in [-0.1, -0.05) is 42.5 Å². The van der Waals surface area contributed by atoms with Gasteiger partial charge in [-0.3, -0.25) is 4.79 Å². The van der Waals surface area contributed by atoms with Crippen molar-refractivity contribution in [2.24, 2.45) is 0 Å². The first-order valence-corrected chi connectivity index (χ1v) is 10.5. The molecule has 1 aliphatic heterocycles. The summed E-state index contributed by atoms with van der Waals surface area (Å²) in [7, 11) is 1.64. The van der Waals surface area contributed by atoms with Crippen molar-refractivity contribution in [2.45, 2.75) is 6.54 Å². The van der Waals surface area contributed by atoms with Crippen molar-refractivity contribution in [1.82, 2.24) is 5.32 Å². The first-order valence-electron chi connectivity index (χ1n) is 9.67. The van der Waals surface area contributed by atoms with E-state index in [1.807, 2.05) is 48.5 Å². The number of carbonyl (C=O) groups excluding carboxylic acids is 1. The lowest BCUT2D eigenvalue weighted by molar-refractivity contribution is 0.0955. The molecule has 5 nitrogen and oxygen atoms in total. The van der Waals surface area contributed by atoms with Crippen LogP contribution >= 0.6 is 11.3 Å². The van der Waals surface area contributed by atoms with Crippen LogP contribution in [0.4, 0.5) is 5.00 Å². The number of hydrogen-bond acceptors (Lipinski definition) is 5. The highest BCUT2D eigenvalue weighted by molar-refractivity contribution is 7.18. The van der Waals surface area contributed by atoms with Crippen molar-refractivity contribution in [3.8, 4) is 16.9 Å². The van der Waals surface area contributed by atoms with Crippen molar-refractivity contribution in [1.29, 1.82) is 0 Å². The number of hydrogen-bond donors (Lipinski definition) is 1. The van der Waals surface area contributed by atoms with Crippen LogP contribution in [-0.4, -0.2) is 39.3 Å². The molecule has 2 heterocycles. The molecule has 0 atom stereocenters. The summed E-state index contributed by atoms with van der Waals surface area (Å²) >= 11 is 1.55. The molecule has 1 fully saturated rings. The van der Waals surface area contributed by atoms with Crippen molar-refractivity contribution >= 4 is 22.2 Å². The standard InChI is InChI=1S/C23H24N2O3S/c1-27-19-9-7-17(8-10-19)16-24-22(26)21-15-20(18-5-3-2-4-6-18)23(29-21)25-11-13-28-14-12-25/h2-10,15H,11-14,16H2,1H3,(H,24,26). The van der Waals surface area contributed by atoms with Crippen LogP contribution < -0.4 is 15.0 Å². The second-order valence-corrected chi connectivity index (χ2v) is 7.86. The largest absolute Gasteiger partial charge is 0.497 e. The molecule has 0 spiro atoms. The fourth-order valence-electron chi connectivity index (χ4n) is 3.33. The zero-order valence-corrected chi connectivity index (χ0v) is 17.2. The number of nitrogens with one attached hydrogen (secondary N) is 1. The van der Waals surface area contributed by atoms with E-state index in [2.05, 4.69) is 22.3 Å². The lowest BCUT2D eigenvalue weighted by Gasteiger charge is -2.28. The van der Waals surface area contributed by atoms with Gasteiger partial charge in [-0.05, 0) is 29.3 Å². The molecule has 6 heteroatoms. The van der Waals surface area contributed by atoms with Crippen LogP contribution in [0, 0.1) is 0 Å². The zero-order valence-electron chi connectivity index (χ0n) is 16.4. The zero-order chi connectivity index (χ0) is 20.1. The predicted molar refractivity (Wildman–Crippen MR) is 117 cm³/mol. The number of methoxy groups -OCH3 is 1. The molecule has 0 radical (unpaired) electrons. The van der Waals surface area contributed by atoms with Gasteiger partial charge in [0.05, 0.1) is 30.2 Å². The molecule has 0 unspecified atom stereocenters. The van der Waals surface area contributed by atoms with Crippen LogP contribution in [0.3, 0.4) is 0 Å². The van der Waals surface area contributed by atoms with Gasteiger partial charge in [0.2, 0.25) is 0 Å². The Morgan fingerprint density at radius 2 is 1.83 bits per heavy atom. The molecule has 0 bridgehead atoms. The summed E-state index contributed by atoms with van der Waals surface area (Å²) in [5.74, 6) is 0.753. The van der Waals surface area contributed by atoms with E-state index in [0.717, 1.165) is 45.4 Å². The molecule has 29 heavy (non-hydrogen) atoms. The summed E-state index contributed by atoms with van der Waals surface area (Å²) < 4.78 is 10.7. The number of anilines is 1.